The summed E-state index contributed by atoms with van der Waals surface area (Å²) in [5, 5.41) is 0. The molecule has 0 spiro atoms. The molecule has 0 aromatic heterocycles. The fourth-order valence-corrected chi connectivity index (χ4v) is 8.12. The molecule has 8 heteroatoms. The van der Waals surface area contributed by atoms with Gasteiger partial charge in [-0.1, -0.05) is 0 Å². The summed E-state index contributed by atoms with van der Waals surface area (Å²) in [5.41, 5.74) is 9.15. The van der Waals surface area contributed by atoms with Crippen molar-refractivity contribution in [1.82, 2.24) is 0 Å². The Bertz CT molecular complexity index is 1800. The van der Waals surface area contributed by atoms with Crippen LogP contribution in [0.5, 0.6) is 0 Å². The molecule has 4 nitrogen and oxygen atoms in total. The number of allylic oxidation sites excluding steroid dienone is 3. The van der Waals surface area contributed by atoms with E-state index in [1.165, 1.54) is 22.3 Å². The maximum absolute atomic E-state index is 6.55. The average molecular weight is 913 g/mol. The summed E-state index contributed by atoms with van der Waals surface area (Å²) in [6.07, 6.45) is 5.08. The fraction of sp³-hybridized carbons (Fsp3) is 0.351. The first kappa shape index (κ1) is 33.3. The second-order valence-electron chi connectivity index (χ2n) is 12.8. The van der Waals surface area contributed by atoms with Crippen LogP contribution in [0.2, 0.25) is 0 Å². The van der Waals surface area contributed by atoms with E-state index in [-0.39, 0.29) is 14.0 Å². The minimum atomic E-state index is -0.582. The van der Waals surface area contributed by atoms with Gasteiger partial charge in [0.2, 0.25) is 0 Å². The van der Waals surface area contributed by atoms with Crippen LogP contribution in [0.25, 0.3) is 16.7 Å². The summed E-state index contributed by atoms with van der Waals surface area (Å²) in [6.45, 7) is 12.8. The van der Waals surface area contributed by atoms with E-state index in [0.717, 1.165) is 27.8 Å². The Balaban J connectivity index is 1.33. The van der Waals surface area contributed by atoms with Crippen LogP contribution in [0, 0.1) is 20.8 Å². The topological polar surface area (TPSA) is 43.2 Å². The fourth-order valence-electron chi connectivity index (χ4n) is 6.30. The number of hydrogen-bond acceptors (Lipinski definition) is 4. The van der Waals surface area contributed by atoms with Crippen molar-refractivity contribution in [1.29, 1.82) is 0 Å². The van der Waals surface area contributed by atoms with Crippen molar-refractivity contribution >= 4 is 49.2 Å². The van der Waals surface area contributed by atoms with E-state index in [0.29, 0.717) is 18.2 Å². The summed E-state index contributed by atoms with van der Waals surface area (Å²) >= 11 is 14.9. The molecule has 0 N–H and O–H groups in total. The number of aryl methyl sites for hydroxylation is 3. The molecule has 0 saturated heterocycles. The van der Waals surface area contributed by atoms with Crippen molar-refractivity contribution in [2.75, 3.05) is 0 Å². The molecule has 6 rings (SSSR count). The van der Waals surface area contributed by atoms with Crippen LogP contribution in [0.3, 0.4) is 0 Å². The standard InChI is InChI=1S/C37H36Br2N2O2.2Pd/c1-23-11-7-9-13-28(23)26-16-15-25(3)30(17-26)33-40-35(4,21-42-33)20-36(5)22-43-34(41-36)31-18-27(19-32(38)37(31,6)39)29-14-10-8-12-24(29)2;;/h7-19,21-22,32H,20H2,1-6H3;;/t32?,35-,36-,37?;;/m1../s1. The molecule has 2 aliphatic heterocycles. The second-order valence-corrected chi connectivity index (χ2v) is 17.1. The van der Waals surface area contributed by atoms with E-state index in [4.69, 9.17) is 19.5 Å². The number of benzene rings is 3. The Hall–Kier alpha value is -1.64. The van der Waals surface area contributed by atoms with Crippen LogP contribution in [0.15, 0.2) is 94.4 Å². The summed E-state index contributed by atoms with van der Waals surface area (Å²) in [4.78, 5) is 10.6. The van der Waals surface area contributed by atoms with Gasteiger partial charge in [0.25, 0.3) is 0 Å². The van der Waals surface area contributed by atoms with E-state index in [1.54, 1.807) is 0 Å². The van der Waals surface area contributed by atoms with Gasteiger partial charge in [0.1, 0.15) is 0 Å². The number of halogens is 2. The zero-order chi connectivity index (χ0) is 32.3. The molecule has 0 fully saturated rings. The number of rotatable bonds is 6. The SMILES string of the molecule is Cc1ccccc1C1=CC(Br)C(C)(Br)C(C2=N[C@](C)(C[C@@]3(C)N=C(c4cc(-c5ccccc5C)ccc4C)O[CH]3[Pd])[CH]([Pd])O2)=C1. The van der Waals surface area contributed by atoms with Crippen molar-refractivity contribution in [3.63, 3.8) is 0 Å². The number of alkyl halides is 2. The van der Waals surface area contributed by atoms with Gasteiger partial charge in [-0.25, -0.2) is 0 Å². The molecule has 4 unspecified atom stereocenters. The van der Waals surface area contributed by atoms with E-state index >= 15 is 0 Å². The van der Waals surface area contributed by atoms with Gasteiger partial charge in [0.15, 0.2) is 0 Å². The average Bonchev–Trinajstić information content (AvgIpc) is 3.44. The third-order valence-electron chi connectivity index (χ3n) is 9.03. The molecule has 6 atom stereocenters. The Morgan fingerprint density at radius 2 is 1.27 bits per heavy atom. The number of ether oxygens (including phenoxy) is 2. The number of aliphatic imine (C=N–C) groups is 2. The first-order valence-electron chi connectivity index (χ1n) is 15.0. The molecule has 45 heavy (non-hydrogen) atoms. The summed E-state index contributed by atoms with van der Waals surface area (Å²) in [5.74, 6) is 1.29. The van der Waals surface area contributed by atoms with Crippen molar-refractivity contribution in [2.24, 2.45) is 9.98 Å². The summed E-state index contributed by atoms with van der Waals surface area (Å²) in [7, 11) is 0. The van der Waals surface area contributed by atoms with Crippen LogP contribution in [-0.4, -0.2) is 41.2 Å². The number of nitrogens with zero attached hydrogens (tertiary/aromatic N) is 2. The van der Waals surface area contributed by atoms with Crippen LogP contribution in [0.1, 0.15) is 55.0 Å². The Morgan fingerprint density at radius 1 is 0.733 bits per heavy atom. The summed E-state index contributed by atoms with van der Waals surface area (Å²) in [6, 6.07) is 23.4. The van der Waals surface area contributed by atoms with Crippen molar-refractivity contribution in [3.05, 3.63) is 112 Å². The molecular weight excluding hydrogens is 877 g/mol. The molecule has 0 bridgehead atoms. The van der Waals surface area contributed by atoms with E-state index in [1.807, 2.05) is 0 Å². The van der Waals surface area contributed by atoms with Gasteiger partial charge >= 0.3 is 308 Å². The predicted octanol–water partition coefficient (Wildman–Crippen LogP) is 9.08. The molecule has 240 valence electrons. The van der Waals surface area contributed by atoms with Gasteiger partial charge in [-0.15, -0.1) is 0 Å². The van der Waals surface area contributed by atoms with Crippen LogP contribution in [0.4, 0.5) is 0 Å². The van der Waals surface area contributed by atoms with Gasteiger partial charge in [-0.05, 0) is 0 Å². The maximum atomic E-state index is 6.55. The monoisotopic (exact) mass is 910 g/mol. The summed E-state index contributed by atoms with van der Waals surface area (Å²) < 4.78 is 12.0. The van der Waals surface area contributed by atoms with Crippen molar-refractivity contribution < 1.29 is 47.9 Å². The molecule has 0 saturated carbocycles. The molecule has 3 aliphatic rings. The molecule has 2 heterocycles. The molecule has 0 radical (unpaired) electrons. The van der Waals surface area contributed by atoms with Crippen LogP contribution < -0.4 is 0 Å². The van der Waals surface area contributed by atoms with E-state index in [2.05, 4.69) is 191 Å². The Kier molecular flexibility index (Phi) is 9.19. The van der Waals surface area contributed by atoms with Gasteiger partial charge in [-0.2, -0.15) is 0 Å². The van der Waals surface area contributed by atoms with E-state index < -0.39 is 15.4 Å². The zero-order valence-corrected chi connectivity index (χ0v) is 32.3. The number of hydrogen-bond donors (Lipinski definition) is 0. The third kappa shape index (κ3) is 6.22. The second kappa shape index (κ2) is 12.4. The third-order valence-corrected chi connectivity index (χ3v) is 14.0. The molecule has 3 aromatic rings. The Labute approximate surface area is 305 Å². The van der Waals surface area contributed by atoms with Gasteiger partial charge in [0.05, 0.1) is 0 Å². The Morgan fingerprint density at radius 3 is 1.89 bits per heavy atom. The molecule has 1 aliphatic carbocycles. The molecular formula is C37H36Br2N2O2Pd2. The quantitative estimate of drug-likeness (QED) is 0.183. The van der Waals surface area contributed by atoms with Crippen LogP contribution in [-0.2, 0) is 47.9 Å². The first-order chi connectivity index (χ1) is 21.2. The predicted molar refractivity (Wildman–Crippen MR) is 184 cm³/mol. The first-order valence-corrected chi connectivity index (χ1v) is 18.5. The minimum absolute atomic E-state index is 0.0370. The van der Waals surface area contributed by atoms with Gasteiger partial charge in [0, 0.05) is 0 Å². The van der Waals surface area contributed by atoms with Crippen LogP contribution >= 0.6 is 31.9 Å². The van der Waals surface area contributed by atoms with Gasteiger partial charge < -0.3 is 0 Å². The normalized spacial score (nSPS) is 31.1. The van der Waals surface area contributed by atoms with Gasteiger partial charge in [-0.3, -0.25) is 0 Å². The zero-order valence-electron chi connectivity index (χ0n) is 26.0. The van der Waals surface area contributed by atoms with E-state index in [9.17, 15) is 0 Å². The molecule has 0 amide bonds. The van der Waals surface area contributed by atoms with Crippen molar-refractivity contribution in [2.45, 2.75) is 77.3 Å². The van der Waals surface area contributed by atoms with Crippen molar-refractivity contribution in [3.8, 4) is 11.1 Å². The molecule has 3 aromatic carbocycles.